The molecule has 198 valence electrons. The Hall–Kier alpha value is -2.91. The molecule has 0 radical (unpaired) electrons. The van der Waals surface area contributed by atoms with Crippen molar-refractivity contribution in [1.82, 2.24) is 0 Å². The summed E-state index contributed by atoms with van der Waals surface area (Å²) in [6, 6.07) is 24.0. The molecule has 0 bridgehead atoms. The van der Waals surface area contributed by atoms with E-state index >= 15 is 0 Å². The third-order valence-electron chi connectivity index (χ3n) is 6.92. The van der Waals surface area contributed by atoms with E-state index in [0.29, 0.717) is 11.3 Å². The van der Waals surface area contributed by atoms with Gasteiger partial charge < -0.3 is 9.47 Å². The van der Waals surface area contributed by atoms with Gasteiger partial charge in [0.25, 0.3) is 0 Å². The molecule has 0 N–H and O–H groups in total. The van der Waals surface area contributed by atoms with Crippen molar-refractivity contribution in [1.29, 1.82) is 0 Å². The monoisotopic (exact) mass is 500 g/mol. The molecule has 1 unspecified atom stereocenters. The van der Waals surface area contributed by atoms with E-state index in [9.17, 15) is 4.79 Å². The lowest BCUT2D eigenvalue weighted by molar-refractivity contribution is 0.0627. The minimum Gasteiger partial charge on any atom is -0.423 e. The van der Waals surface area contributed by atoms with Crippen molar-refractivity contribution in [2.75, 3.05) is 6.61 Å². The maximum Gasteiger partial charge on any atom is 0.343 e. The average Bonchev–Trinajstić information content (AvgIpc) is 2.94. The van der Waals surface area contributed by atoms with Crippen molar-refractivity contribution in [2.24, 2.45) is 0 Å². The van der Waals surface area contributed by atoms with Gasteiger partial charge in [-0.1, -0.05) is 113 Å². The molecule has 0 spiro atoms. The van der Waals surface area contributed by atoms with Crippen LogP contribution in [0.4, 0.5) is 0 Å². The van der Waals surface area contributed by atoms with Crippen LogP contribution in [0.25, 0.3) is 11.1 Å². The van der Waals surface area contributed by atoms with E-state index in [2.05, 4.69) is 45.0 Å². The topological polar surface area (TPSA) is 35.5 Å². The molecule has 3 rings (SSSR count). The Bertz CT molecular complexity index is 1050. The fourth-order valence-corrected chi connectivity index (χ4v) is 4.50. The van der Waals surface area contributed by atoms with Gasteiger partial charge in [-0.2, -0.15) is 0 Å². The first-order valence-corrected chi connectivity index (χ1v) is 14.2. The molecule has 0 amide bonds. The van der Waals surface area contributed by atoms with E-state index in [1.807, 2.05) is 48.5 Å². The molecule has 0 saturated carbocycles. The lowest BCUT2D eigenvalue weighted by Gasteiger charge is -2.14. The second-order valence-corrected chi connectivity index (χ2v) is 9.93. The minimum absolute atomic E-state index is 0.0893. The van der Waals surface area contributed by atoms with Crippen molar-refractivity contribution >= 4 is 5.97 Å². The minimum atomic E-state index is -0.322. The summed E-state index contributed by atoms with van der Waals surface area (Å²) in [5.41, 5.74) is 5.01. The number of benzene rings is 3. The summed E-state index contributed by atoms with van der Waals surface area (Å²) in [6.07, 6.45) is 12.3. The normalized spacial score (nSPS) is 11.9. The highest BCUT2D eigenvalue weighted by Gasteiger charge is 2.12. The Morgan fingerprint density at radius 2 is 1.30 bits per heavy atom. The molecule has 0 aromatic heterocycles. The number of esters is 1. The first-order valence-electron chi connectivity index (χ1n) is 14.2. The number of unbranched alkanes of at least 4 members (excludes halogenated alkanes) is 7. The van der Waals surface area contributed by atoms with Gasteiger partial charge in [0, 0.05) is 6.61 Å². The molecule has 0 aliphatic heterocycles. The van der Waals surface area contributed by atoms with Gasteiger partial charge in [0.05, 0.1) is 11.7 Å². The Morgan fingerprint density at radius 3 is 1.97 bits per heavy atom. The maximum absolute atomic E-state index is 12.8. The molecule has 3 heteroatoms. The van der Waals surface area contributed by atoms with Crippen LogP contribution >= 0.6 is 0 Å². The van der Waals surface area contributed by atoms with E-state index in [1.165, 1.54) is 44.1 Å². The van der Waals surface area contributed by atoms with Crippen molar-refractivity contribution in [3.8, 4) is 16.9 Å². The SMILES string of the molecule is CCCCCCCCCOC(C)c1ccc(-c2ccc(C(=O)Oc3ccccc3CCCC)cc2)cc1. The largest absolute Gasteiger partial charge is 0.423 e. The number of rotatable bonds is 16. The van der Waals surface area contributed by atoms with Gasteiger partial charge in [0.2, 0.25) is 0 Å². The maximum atomic E-state index is 12.8. The van der Waals surface area contributed by atoms with E-state index < -0.39 is 0 Å². The summed E-state index contributed by atoms with van der Waals surface area (Å²) in [5, 5.41) is 0. The summed E-state index contributed by atoms with van der Waals surface area (Å²) in [5.74, 6) is 0.335. The Kier molecular flexibility index (Phi) is 12.4. The number of carbonyl (C=O) groups is 1. The average molecular weight is 501 g/mol. The first-order chi connectivity index (χ1) is 18.1. The Balaban J connectivity index is 1.49. The highest BCUT2D eigenvalue weighted by Crippen LogP contribution is 2.25. The van der Waals surface area contributed by atoms with Crippen LogP contribution in [0.3, 0.4) is 0 Å². The standard InChI is InChI=1S/C34H44O3/c1-4-6-8-9-10-11-14-26-36-27(3)28-18-20-29(21-19-28)30-22-24-32(25-23-30)34(35)37-33-17-13-12-16-31(33)15-7-5-2/h12-13,16-25,27H,4-11,14-15,26H2,1-3H3. The van der Waals surface area contributed by atoms with Crippen LogP contribution in [-0.4, -0.2) is 12.6 Å². The molecular weight excluding hydrogens is 456 g/mol. The fourth-order valence-electron chi connectivity index (χ4n) is 4.50. The van der Waals surface area contributed by atoms with Gasteiger partial charge in [0.1, 0.15) is 5.75 Å². The number of para-hydroxylation sites is 1. The number of carbonyl (C=O) groups excluding carboxylic acids is 1. The molecule has 1 atom stereocenters. The summed E-state index contributed by atoms with van der Waals surface area (Å²) in [7, 11) is 0. The fraction of sp³-hybridized carbons (Fsp3) is 0.441. The van der Waals surface area contributed by atoms with Crippen LogP contribution in [-0.2, 0) is 11.2 Å². The summed E-state index contributed by atoms with van der Waals surface area (Å²) >= 11 is 0. The second-order valence-electron chi connectivity index (χ2n) is 9.93. The predicted molar refractivity (Wildman–Crippen MR) is 154 cm³/mol. The van der Waals surface area contributed by atoms with Crippen LogP contribution in [0, 0.1) is 0 Å². The van der Waals surface area contributed by atoms with Gasteiger partial charge in [0.15, 0.2) is 0 Å². The van der Waals surface area contributed by atoms with Crippen molar-refractivity contribution < 1.29 is 14.3 Å². The lowest BCUT2D eigenvalue weighted by Crippen LogP contribution is -2.09. The molecule has 0 fully saturated rings. The predicted octanol–water partition coefficient (Wildman–Crippen LogP) is 9.74. The Labute approximate surface area is 224 Å². The van der Waals surface area contributed by atoms with E-state index in [0.717, 1.165) is 49.0 Å². The molecule has 0 aliphatic carbocycles. The molecular formula is C34H44O3. The molecule has 0 saturated heterocycles. The van der Waals surface area contributed by atoms with Crippen LogP contribution in [0.1, 0.15) is 106 Å². The molecule has 0 heterocycles. The zero-order valence-corrected chi connectivity index (χ0v) is 23.0. The number of hydrogen-bond donors (Lipinski definition) is 0. The van der Waals surface area contributed by atoms with Crippen LogP contribution < -0.4 is 4.74 Å². The van der Waals surface area contributed by atoms with Crippen molar-refractivity contribution in [3.05, 3.63) is 89.5 Å². The molecule has 3 aromatic rings. The van der Waals surface area contributed by atoms with Gasteiger partial charge in [-0.3, -0.25) is 0 Å². The third kappa shape index (κ3) is 9.48. The molecule has 3 aromatic carbocycles. The van der Waals surface area contributed by atoms with Gasteiger partial charge in [-0.05, 0) is 66.6 Å². The van der Waals surface area contributed by atoms with Gasteiger partial charge in [-0.25, -0.2) is 4.79 Å². The van der Waals surface area contributed by atoms with E-state index in [1.54, 1.807) is 0 Å². The second kappa shape index (κ2) is 16.0. The molecule has 3 nitrogen and oxygen atoms in total. The summed E-state index contributed by atoms with van der Waals surface area (Å²) in [6.45, 7) is 7.36. The first kappa shape index (κ1) is 28.7. The van der Waals surface area contributed by atoms with Crippen LogP contribution in [0.2, 0.25) is 0 Å². The number of ether oxygens (including phenoxy) is 2. The molecule has 0 aliphatic rings. The zero-order valence-electron chi connectivity index (χ0n) is 23.0. The quantitative estimate of drug-likeness (QED) is 0.111. The van der Waals surface area contributed by atoms with Crippen LogP contribution in [0.15, 0.2) is 72.8 Å². The van der Waals surface area contributed by atoms with Gasteiger partial charge in [-0.15, -0.1) is 0 Å². The summed E-state index contributed by atoms with van der Waals surface area (Å²) < 4.78 is 11.8. The van der Waals surface area contributed by atoms with Crippen molar-refractivity contribution in [2.45, 2.75) is 91.1 Å². The van der Waals surface area contributed by atoms with E-state index in [4.69, 9.17) is 9.47 Å². The van der Waals surface area contributed by atoms with Gasteiger partial charge >= 0.3 is 5.97 Å². The lowest BCUT2D eigenvalue weighted by atomic mass is 10.0. The highest BCUT2D eigenvalue weighted by atomic mass is 16.5. The summed E-state index contributed by atoms with van der Waals surface area (Å²) in [4.78, 5) is 12.8. The number of aryl methyl sites for hydroxylation is 1. The smallest absolute Gasteiger partial charge is 0.343 e. The number of hydrogen-bond acceptors (Lipinski definition) is 3. The van der Waals surface area contributed by atoms with E-state index in [-0.39, 0.29) is 12.1 Å². The third-order valence-corrected chi connectivity index (χ3v) is 6.92. The van der Waals surface area contributed by atoms with Crippen molar-refractivity contribution in [3.63, 3.8) is 0 Å². The highest BCUT2D eigenvalue weighted by molar-refractivity contribution is 5.91. The Morgan fingerprint density at radius 1 is 0.703 bits per heavy atom. The zero-order chi connectivity index (χ0) is 26.3. The molecule has 37 heavy (non-hydrogen) atoms. The van der Waals surface area contributed by atoms with Crippen LogP contribution in [0.5, 0.6) is 5.75 Å².